The molecule has 3 rings (SSSR count). The number of carbonyl (C=O) groups is 1. The second kappa shape index (κ2) is 9.16. The van der Waals surface area contributed by atoms with Crippen molar-refractivity contribution in [2.24, 2.45) is 11.1 Å². The van der Waals surface area contributed by atoms with E-state index < -0.39 is 26.6 Å². The summed E-state index contributed by atoms with van der Waals surface area (Å²) in [5.41, 5.74) is 3.87. The van der Waals surface area contributed by atoms with Crippen molar-refractivity contribution in [2.45, 2.75) is 43.5 Å². The van der Waals surface area contributed by atoms with Crippen molar-refractivity contribution in [1.29, 1.82) is 0 Å². The number of carbonyl (C=O) groups excluding carboxylic acids is 1. The van der Waals surface area contributed by atoms with E-state index in [1.165, 1.54) is 12.4 Å². The van der Waals surface area contributed by atoms with Crippen LogP contribution in [0.4, 0.5) is 0 Å². The van der Waals surface area contributed by atoms with Gasteiger partial charge in [0, 0.05) is 43.8 Å². The molecule has 162 valence electrons. The summed E-state index contributed by atoms with van der Waals surface area (Å²) in [6.45, 7) is 2.79. The van der Waals surface area contributed by atoms with E-state index in [2.05, 4.69) is 17.0 Å². The van der Waals surface area contributed by atoms with Gasteiger partial charge >= 0.3 is 0 Å². The summed E-state index contributed by atoms with van der Waals surface area (Å²) in [6.07, 6.45) is 2.52. The van der Waals surface area contributed by atoms with E-state index in [9.17, 15) is 13.2 Å². The summed E-state index contributed by atoms with van der Waals surface area (Å²) in [6, 6.07) is 7.62. The van der Waals surface area contributed by atoms with Gasteiger partial charge in [0.25, 0.3) is 5.91 Å². The number of hydroxylamine groups is 1. The first-order valence-electron chi connectivity index (χ1n) is 9.79. The minimum absolute atomic E-state index is 0.125. The number of nitrogens with zero attached hydrogens (tertiary/aromatic N) is 1. The van der Waals surface area contributed by atoms with Gasteiger partial charge in [-0.2, -0.15) is 0 Å². The summed E-state index contributed by atoms with van der Waals surface area (Å²) < 4.78 is 27.8. The first-order chi connectivity index (χ1) is 14.2. The molecule has 0 spiro atoms. The molecule has 0 bridgehead atoms. The minimum Gasteiger partial charge on any atom is -0.392 e. The maximum Gasteiger partial charge on any atom is 0.264 e. The molecule has 0 aliphatic carbocycles. The molecular weight excluding hydrogens is 408 g/mol. The first-order valence-corrected chi connectivity index (χ1v) is 11.7. The smallest absolute Gasteiger partial charge is 0.264 e. The Morgan fingerprint density at radius 1 is 1.30 bits per heavy atom. The van der Waals surface area contributed by atoms with Crippen molar-refractivity contribution in [3.8, 4) is 11.8 Å². The highest BCUT2D eigenvalue weighted by Gasteiger charge is 2.47. The van der Waals surface area contributed by atoms with E-state index in [0.717, 1.165) is 43.4 Å². The van der Waals surface area contributed by atoms with Gasteiger partial charge < -0.3 is 9.57 Å². The number of ether oxygens (including phenoxy) is 1. The third-order valence-electron chi connectivity index (χ3n) is 5.61. The van der Waals surface area contributed by atoms with Gasteiger partial charge in [0.1, 0.15) is 6.10 Å². The third kappa shape index (κ3) is 5.01. The molecule has 2 aliphatic rings. The maximum atomic E-state index is 12.1. The molecule has 1 aromatic carbocycles. The summed E-state index contributed by atoms with van der Waals surface area (Å²) in [4.78, 5) is 17.4. The van der Waals surface area contributed by atoms with Crippen LogP contribution in [-0.2, 0) is 24.2 Å². The second-order valence-electron chi connectivity index (χ2n) is 7.85. The zero-order valence-electron chi connectivity index (χ0n) is 17.1. The van der Waals surface area contributed by atoms with E-state index in [0.29, 0.717) is 18.1 Å². The fraction of sp³-hybridized carbons (Fsp3) is 0.524. The number of oxime groups is 1. The minimum atomic E-state index is -3.79. The molecule has 30 heavy (non-hydrogen) atoms. The van der Waals surface area contributed by atoms with Crippen molar-refractivity contribution < 1.29 is 28.0 Å². The molecule has 0 aromatic heterocycles. The van der Waals surface area contributed by atoms with Crippen LogP contribution in [0, 0.1) is 17.8 Å². The lowest BCUT2D eigenvalue weighted by molar-refractivity contribution is -0.132. The quantitative estimate of drug-likeness (QED) is 0.414. The van der Waals surface area contributed by atoms with Gasteiger partial charge in [-0.05, 0) is 37.5 Å². The van der Waals surface area contributed by atoms with E-state index in [-0.39, 0.29) is 6.42 Å². The lowest BCUT2D eigenvalue weighted by Crippen LogP contribution is -2.51. The van der Waals surface area contributed by atoms with Crippen LogP contribution < -0.4 is 5.48 Å². The summed E-state index contributed by atoms with van der Waals surface area (Å²) in [5.74, 6) is 5.86. The number of rotatable bonds is 5. The van der Waals surface area contributed by atoms with Crippen molar-refractivity contribution >= 4 is 21.5 Å². The highest BCUT2D eigenvalue weighted by atomic mass is 32.2. The summed E-state index contributed by atoms with van der Waals surface area (Å²) >= 11 is 0. The molecule has 2 heterocycles. The second-order valence-corrected chi connectivity index (χ2v) is 10.3. The van der Waals surface area contributed by atoms with Crippen LogP contribution in [0.5, 0.6) is 0 Å². The Kier molecular flexibility index (Phi) is 6.81. The monoisotopic (exact) mass is 434 g/mol. The van der Waals surface area contributed by atoms with E-state index >= 15 is 0 Å². The zero-order valence-corrected chi connectivity index (χ0v) is 17.9. The van der Waals surface area contributed by atoms with Gasteiger partial charge in [0.05, 0.1) is 5.71 Å². The fourth-order valence-corrected chi connectivity index (χ4v) is 4.32. The molecule has 9 heteroatoms. The lowest BCUT2D eigenvalue weighted by Gasteiger charge is -2.26. The molecule has 2 atom stereocenters. The Bertz CT molecular complexity index is 971. The zero-order chi connectivity index (χ0) is 21.8. The molecule has 1 aromatic rings. The maximum absolute atomic E-state index is 12.1. The van der Waals surface area contributed by atoms with Crippen molar-refractivity contribution in [3.05, 3.63) is 35.4 Å². The average Bonchev–Trinajstić information content (AvgIpc) is 3.20. The van der Waals surface area contributed by atoms with Gasteiger partial charge in [0.2, 0.25) is 0 Å². The Hall–Kier alpha value is -2.41. The van der Waals surface area contributed by atoms with Crippen LogP contribution in [0.2, 0.25) is 0 Å². The summed E-state index contributed by atoms with van der Waals surface area (Å²) in [7, 11) is -3.79. The Morgan fingerprint density at radius 3 is 2.57 bits per heavy atom. The molecule has 0 saturated carbocycles. The molecule has 0 radical (unpaired) electrons. The highest BCUT2D eigenvalue weighted by Crippen LogP contribution is 2.29. The number of amides is 1. The van der Waals surface area contributed by atoms with Gasteiger partial charge in [-0.25, -0.2) is 13.9 Å². The number of benzene rings is 1. The standard InChI is InChI=1S/C21H26N2O6S/c1-21(20(24)22-25,30(2,26)27)14-18-13-19(23-29-18)17-7-5-15(6-8-17)3-4-16-9-11-28-12-10-16/h5-8,16,18,25H,9-14H2,1-2H3,(H,22,24)/t18-,21-/m1/s1. The molecule has 2 N–H and O–H groups in total. The average molecular weight is 435 g/mol. The van der Waals surface area contributed by atoms with E-state index in [1.54, 1.807) is 0 Å². The first kappa shape index (κ1) is 22.3. The van der Waals surface area contributed by atoms with Crippen LogP contribution in [0.3, 0.4) is 0 Å². The number of hydrogen-bond donors (Lipinski definition) is 2. The topological polar surface area (TPSA) is 114 Å². The van der Waals surface area contributed by atoms with Crippen LogP contribution in [0.25, 0.3) is 0 Å². The highest BCUT2D eigenvalue weighted by molar-refractivity contribution is 7.92. The number of hydrogen-bond acceptors (Lipinski definition) is 7. The number of sulfone groups is 1. The van der Waals surface area contributed by atoms with Crippen molar-refractivity contribution in [1.82, 2.24) is 5.48 Å². The molecule has 1 amide bonds. The van der Waals surface area contributed by atoms with Crippen molar-refractivity contribution in [3.63, 3.8) is 0 Å². The molecule has 8 nitrogen and oxygen atoms in total. The van der Waals surface area contributed by atoms with Gasteiger partial charge in [0.15, 0.2) is 14.6 Å². The molecule has 1 saturated heterocycles. The van der Waals surface area contributed by atoms with Gasteiger partial charge in [-0.15, -0.1) is 0 Å². The third-order valence-corrected chi connectivity index (χ3v) is 7.60. The lowest BCUT2D eigenvalue weighted by atomic mass is 9.96. The predicted octanol–water partition coefficient (Wildman–Crippen LogP) is 1.66. The van der Waals surface area contributed by atoms with Crippen LogP contribution in [0.15, 0.2) is 29.4 Å². The largest absolute Gasteiger partial charge is 0.392 e. The SMILES string of the molecule is C[C@@](C[C@H]1CC(c2ccc(C#CC3CCOCC3)cc2)=NO1)(C(=O)NO)S(C)(=O)=O. The van der Waals surface area contributed by atoms with Gasteiger partial charge in [-0.3, -0.25) is 10.0 Å². The Morgan fingerprint density at radius 2 is 1.97 bits per heavy atom. The van der Waals surface area contributed by atoms with E-state index in [1.807, 2.05) is 24.3 Å². The summed E-state index contributed by atoms with van der Waals surface area (Å²) in [5, 5.41) is 13.0. The Labute approximate surface area is 176 Å². The fourth-order valence-electron chi connectivity index (χ4n) is 3.45. The van der Waals surface area contributed by atoms with Gasteiger partial charge in [-0.1, -0.05) is 29.1 Å². The Balaban J connectivity index is 1.63. The van der Waals surface area contributed by atoms with Crippen LogP contribution in [-0.4, -0.2) is 55.6 Å². The number of nitrogens with one attached hydrogen (secondary N) is 1. The van der Waals surface area contributed by atoms with Crippen molar-refractivity contribution in [2.75, 3.05) is 19.5 Å². The van der Waals surface area contributed by atoms with Crippen LogP contribution >= 0.6 is 0 Å². The molecule has 2 aliphatic heterocycles. The molecule has 1 fully saturated rings. The van der Waals surface area contributed by atoms with Crippen LogP contribution in [0.1, 0.15) is 43.7 Å². The van der Waals surface area contributed by atoms with E-state index in [4.69, 9.17) is 14.8 Å². The predicted molar refractivity (Wildman–Crippen MR) is 111 cm³/mol. The normalized spacial score (nSPS) is 21.6. The molecule has 0 unspecified atom stereocenters. The molecular formula is C21H26N2O6S.